The van der Waals surface area contributed by atoms with Crippen LogP contribution in [0.15, 0.2) is 39.8 Å². The van der Waals surface area contributed by atoms with Gasteiger partial charge in [-0.3, -0.25) is 9.59 Å². The number of nitrogens with zero attached hydrogens (tertiary/aromatic N) is 3. The normalized spacial score (nSPS) is 24.4. The highest BCUT2D eigenvalue weighted by Gasteiger charge is 2.45. The molecule has 1 aromatic heterocycles. The highest BCUT2D eigenvalue weighted by atomic mass is 16.5. The number of carbonyl (C=O) groups excluding carboxylic acids is 2. The van der Waals surface area contributed by atoms with Crippen LogP contribution in [0.1, 0.15) is 42.3 Å². The highest BCUT2D eigenvalue weighted by molar-refractivity contribution is 6.11. The van der Waals surface area contributed by atoms with E-state index < -0.39 is 5.54 Å². The first-order valence-electron chi connectivity index (χ1n) is 9.57. The second-order valence-electron chi connectivity index (χ2n) is 7.75. The molecule has 0 spiro atoms. The number of amidine groups is 1. The molecule has 146 valence electrons. The molecule has 1 fully saturated rings. The standard InChI is InChI=1S/C21H24N4O3/c1-13-6-8-15(9-7-13)21(3)20(27)22-19(23-21)17-5-4-10-25(17)18(26)12-16-11-14(2)24-28-16/h6-9,11,17H,4-5,10,12H2,1-3H3,(H,22,23,27). The molecule has 1 aromatic carbocycles. The van der Waals surface area contributed by atoms with Gasteiger partial charge in [0.1, 0.15) is 11.6 Å². The van der Waals surface area contributed by atoms with Gasteiger partial charge in [0.05, 0.1) is 18.2 Å². The quantitative estimate of drug-likeness (QED) is 0.881. The predicted molar refractivity (Wildman–Crippen MR) is 104 cm³/mol. The number of carbonyl (C=O) groups is 2. The lowest BCUT2D eigenvalue weighted by Gasteiger charge is -2.24. The molecule has 1 saturated heterocycles. The summed E-state index contributed by atoms with van der Waals surface area (Å²) in [4.78, 5) is 32.1. The van der Waals surface area contributed by atoms with Crippen molar-refractivity contribution in [1.82, 2.24) is 15.4 Å². The Morgan fingerprint density at radius 3 is 2.75 bits per heavy atom. The number of aromatic nitrogens is 1. The third kappa shape index (κ3) is 3.21. The van der Waals surface area contributed by atoms with Crippen LogP contribution in [-0.2, 0) is 21.5 Å². The van der Waals surface area contributed by atoms with Gasteiger partial charge in [0, 0.05) is 12.6 Å². The average Bonchev–Trinajstić information content (AvgIpc) is 3.36. The Morgan fingerprint density at radius 2 is 2.07 bits per heavy atom. The molecule has 28 heavy (non-hydrogen) atoms. The summed E-state index contributed by atoms with van der Waals surface area (Å²) >= 11 is 0. The summed E-state index contributed by atoms with van der Waals surface area (Å²) in [6.45, 7) is 6.30. The molecule has 0 bridgehead atoms. The number of aryl methyl sites for hydroxylation is 2. The largest absolute Gasteiger partial charge is 0.361 e. The average molecular weight is 380 g/mol. The fourth-order valence-corrected chi connectivity index (χ4v) is 3.89. The number of rotatable bonds is 4. The molecule has 2 atom stereocenters. The van der Waals surface area contributed by atoms with E-state index in [4.69, 9.17) is 9.52 Å². The molecular weight excluding hydrogens is 356 g/mol. The van der Waals surface area contributed by atoms with Gasteiger partial charge in [0.25, 0.3) is 5.91 Å². The fourth-order valence-electron chi connectivity index (χ4n) is 3.89. The van der Waals surface area contributed by atoms with Gasteiger partial charge in [-0.2, -0.15) is 0 Å². The van der Waals surface area contributed by atoms with Crippen molar-refractivity contribution in [1.29, 1.82) is 0 Å². The molecule has 3 heterocycles. The molecule has 2 aliphatic rings. The van der Waals surface area contributed by atoms with Crippen molar-refractivity contribution < 1.29 is 14.1 Å². The molecule has 2 unspecified atom stereocenters. The van der Waals surface area contributed by atoms with E-state index in [2.05, 4.69) is 10.5 Å². The summed E-state index contributed by atoms with van der Waals surface area (Å²) in [6, 6.07) is 9.38. The number of benzene rings is 1. The van der Waals surface area contributed by atoms with Crippen LogP contribution >= 0.6 is 0 Å². The fraction of sp³-hybridized carbons (Fsp3) is 0.429. The lowest BCUT2D eigenvalue weighted by molar-refractivity contribution is -0.130. The maximum absolute atomic E-state index is 12.8. The number of likely N-dealkylation sites (tertiary alicyclic amines) is 1. The molecule has 0 aliphatic carbocycles. The minimum Gasteiger partial charge on any atom is -0.361 e. The Kier molecular flexibility index (Phi) is 4.53. The van der Waals surface area contributed by atoms with Gasteiger partial charge in [0.2, 0.25) is 5.91 Å². The van der Waals surface area contributed by atoms with Crippen molar-refractivity contribution in [2.75, 3.05) is 6.54 Å². The predicted octanol–water partition coefficient (Wildman–Crippen LogP) is 2.27. The van der Waals surface area contributed by atoms with Gasteiger partial charge in [0.15, 0.2) is 5.54 Å². The first kappa shape index (κ1) is 18.4. The van der Waals surface area contributed by atoms with Crippen LogP contribution in [0.5, 0.6) is 0 Å². The van der Waals surface area contributed by atoms with Crippen LogP contribution in [0.3, 0.4) is 0 Å². The molecule has 0 radical (unpaired) electrons. The van der Waals surface area contributed by atoms with E-state index in [-0.39, 0.29) is 24.3 Å². The van der Waals surface area contributed by atoms with Crippen LogP contribution in [0.2, 0.25) is 0 Å². The Balaban J connectivity index is 1.56. The second-order valence-corrected chi connectivity index (χ2v) is 7.75. The summed E-state index contributed by atoms with van der Waals surface area (Å²) in [5.41, 5.74) is 1.76. The highest BCUT2D eigenvalue weighted by Crippen LogP contribution is 2.32. The van der Waals surface area contributed by atoms with Gasteiger partial charge in [-0.25, -0.2) is 4.99 Å². The zero-order valence-corrected chi connectivity index (χ0v) is 16.4. The van der Waals surface area contributed by atoms with Crippen molar-refractivity contribution in [3.63, 3.8) is 0 Å². The summed E-state index contributed by atoms with van der Waals surface area (Å²) in [5.74, 6) is 0.929. The molecule has 2 aromatic rings. The van der Waals surface area contributed by atoms with Crippen molar-refractivity contribution in [2.24, 2.45) is 4.99 Å². The summed E-state index contributed by atoms with van der Waals surface area (Å²) in [7, 11) is 0. The van der Waals surface area contributed by atoms with Crippen LogP contribution in [0.4, 0.5) is 0 Å². The maximum atomic E-state index is 12.8. The molecule has 7 nitrogen and oxygen atoms in total. The van der Waals surface area contributed by atoms with E-state index in [1.54, 1.807) is 11.0 Å². The number of nitrogens with one attached hydrogen (secondary N) is 1. The Morgan fingerprint density at radius 1 is 1.32 bits per heavy atom. The van der Waals surface area contributed by atoms with Crippen LogP contribution in [-0.4, -0.2) is 40.3 Å². The molecular formula is C21H24N4O3. The van der Waals surface area contributed by atoms with Crippen LogP contribution in [0.25, 0.3) is 0 Å². The van der Waals surface area contributed by atoms with E-state index in [0.29, 0.717) is 18.1 Å². The summed E-state index contributed by atoms with van der Waals surface area (Å²) in [5, 5.41) is 6.77. The van der Waals surface area contributed by atoms with E-state index in [1.807, 2.05) is 45.0 Å². The van der Waals surface area contributed by atoms with E-state index in [9.17, 15) is 9.59 Å². The second kappa shape index (κ2) is 6.89. The summed E-state index contributed by atoms with van der Waals surface area (Å²) in [6.07, 6.45) is 1.82. The third-order valence-electron chi connectivity index (χ3n) is 5.53. The van der Waals surface area contributed by atoms with E-state index in [0.717, 1.165) is 29.7 Å². The monoisotopic (exact) mass is 380 g/mol. The lowest BCUT2D eigenvalue weighted by Crippen LogP contribution is -2.46. The Labute approximate surface area is 163 Å². The van der Waals surface area contributed by atoms with Gasteiger partial charge >= 0.3 is 0 Å². The zero-order valence-electron chi connectivity index (χ0n) is 16.4. The molecule has 0 saturated carbocycles. The SMILES string of the molecule is Cc1ccc(C2(C)N=C(C3CCCN3C(=O)Cc3cc(C)no3)NC2=O)cc1. The summed E-state index contributed by atoms with van der Waals surface area (Å²) < 4.78 is 5.18. The first-order valence-corrected chi connectivity index (χ1v) is 9.57. The zero-order chi connectivity index (χ0) is 19.9. The van der Waals surface area contributed by atoms with Gasteiger partial charge < -0.3 is 14.7 Å². The Hall–Kier alpha value is -2.96. The minimum absolute atomic E-state index is 0.0421. The number of amides is 2. The maximum Gasteiger partial charge on any atom is 0.257 e. The molecule has 2 aliphatic heterocycles. The van der Waals surface area contributed by atoms with E-state index >= 15 is 0 Å². The van der Waals surface area contributed by atoms with Gasteiger partial charge in [-0.15, -0.1) is 0 Å². The van der Waals surface area contributed by atoms with Crippen LogP contribution < -0.4 is 5.32 Å². The molecule has 4 rings (SSSR count). The minimum atomic E-state index is -0.970. The van der Waals surface area contributed by atoms with Crippen molar-refractivity contribution in [3.05, 3.63) is 52.9 Å². The molecule has 2 amide bonds. The third-order valence-corrected chi connectivity index (χ3v) is 5.53. The number of hydrogen-bond donors (Lipinski definition) is 1. The number of hydrogen-bond acceptors (Lipinski definition) is 5. The van der Waals surface area contributed by atoms with Crippen LogP contribution in [0, 0.1) is 13.8 Å². The van der Waals surface area contributed by atoms with Crippen molar-refractivity contribution >= 4 is 17.6 Å². The van der Waals surface area contributed by atoms with Gasteiger partial charge in [-0.1, -0.05) is 35.0 Å². The molecule has 1 N–H and O–H groups in total. The smallest absolute Gasteiger partial charge is 0.257 e. The molecule has 7 heteroatoms. The Bertz CT molecular complexity index is 947. The van der Waals surface area contributed by atoms with E-state index in [1.165, 1.54) is 0 Å². The topological polar surface area (TPSA) is 87.8 Å². The van der Waals surface area contributed by atoms with Gasteiger partial charge in [-0.05, 0) is 39.2 Å². The van der Waals surface area contributed by atoms with Crippen molar-refractivity contribution in [3.8, 4) is 0 Å². The first-order chi connectivity index (χ1) is 13.4. The van der Waals surface area contributed by atoms with Crippen molar-refractivity contribution in [2.45, 2.75) is 51.6 Å². The number of aliphatic imine (C=N–C) groups is 1. The lowest BCUT2D eigenvalue weighted by atomic mass is 9.92.